The number of hydrogen-bond acceptors (Lipinski definition) is 5. The van der Waals surface area contributed by atoms with Gasteiger partial charge in [0.25, 0.3) is 5.91 Å². The third-order valence-corrected chi connectivity index (χ3v) is 6.37. The molecule has 0 radical (unpaired) electrons. The molecule has 3 aromatic rings. The highest BCUT2D eigenvalue weighted by atomic mass is 32.2. The molecule has 160 valence electrons. The predicted molar refractivity (Wildman–Crippen MR) is 128 cm³/mol. The molecule has 1 atom stereocenters. The molecule has 7 heteroatoms. The first-order valence-electron chi connectivity index (χ1n) is 9.82. The van der Waals surface area contributed by atoms with Crippen molar-refractivity contribution in [1.82, 2.24) is 10.3 Å². The smallest absolute Gasteiger partial charge is 0.326 e. The first kappa shape index (κ1) is 22.9. The lowest BCUT2D eigenvalue weighted by atomic mass is 9.99. The maximum atomic E-state index is 13.0. The van der Waals surface area contributed by atoms with E-state index in [-0.39, 0.29) is 5.91 Å². The lowest BCUT2D eigenvalue weighted by Gasteiger charge is -2.17. The second kappa shape index (κ2) is 11.6. The Hall–Kier alpha value is -2.77. The number of pyridine rings is 1. The van der Waals surface area contributed by atoms with Crippen molar-refractivity contribution in [3.63, 3.8) is 0 Å². The third kappa shape index (κ3) is 6.60. The van der Waals surface area contributed by atoms with Crippen molar-refractivity contribution in [3.8, 4) is 11.1 Å². The Morgan fingerprint density at radius 1 is 1.10 bits per heavy atom. The van der Waals surface area contributed by atoms with E-state index in [1.807, 2.05) is 67.0 Å². The van der Waals surface area contributed by atoms with Crippen molar-refractivity contribution < 1.29 is 14.7 Å². The Balaban J connectivity index is 1.86. The van der Waals surface area contributed by atoms with Crippen LogP contribution in [0.15, 0.2) is 78.0 Å². The average Bonchev–Trinajstić information content (AvgIpc) is 2.81. The Morgan fingerprint density at radius 2 is 1.90 bits per heavy atom. The quantitative estimate of drug-likeness (QED) is 0.423. The van der Waals surface area contributed by atoms with Gasteiger partial charge >= 0.3 is 5.97 Å². The van der Waals surface area contributed by atoms with Gasteiger partial charge in [0, 0.05) is 28.6 Å². The van der Waals surface area contributed by atoms with E-state index in [1.165, 1.54) is 0 Å². The number of aromatic nitrogens is 1. The summed E-state index contributed by atoms with van der Waals surface area (Å²) in [5.41, 5.74) is 3.27. The molecule has 31 heavy (non-hydrogen) atoms. The molecule has 2 N–H and O–H groups in total. The van der Waals surface area contributed by atoms with Crippen molar-refractivity contribution in [2.24, 2.45) is 0 Å². The van der Waals surface area contributed by atoms with E-state index < -0.39 is 12.0 Å². The standard InChI is InChI=1S/C24H24N2O3S2/c1-30-13-11-22(24(28)29)26-23(27)20-10-9-19(31-16-17-6-5-12-25-15-17)14-21(20)18-7-3-2-4-8-18/h2-10,12,14-15,22H,11,13,16H2,1H3,(H,26,27)(H,28,29). The zero-order valence-corrected chi connectivity index (χ0v) is 18.8. The number of rotatable bonds is 10. The molecule has 1 aromatic heterocycles. The van der Waals surface area contributed by atoms with Gasteiger partial charge in [-0.05, 0) is 59.4 Å². The van der Waals surface area contributed by atoms with Gasteiger partial charge in [0.15, 0.2) is 0 Å². The van der Waals surface area contributed by atoms with Crippen LogP contribution in [-0.2, 0) is 10.5 Å². The molecule has 0 aliphatic rings. The second-order valence-electron chi connectivity index (χ2n) is 6.87. The SMILES string of the molecule is CSCCC(NC(=O)c1ccc(SCc2cccnc2)cc1-c1ccccc1)C(=O)O. The minimum Gasteiger partial charge on any atom is -0.480 e. The Bertz CT molecular complexity index is 1010. The minimum atomic E-state index is -1.02. The van der Waals surface area contributed by atoms with Gasteiger partial charge in [0.1, 0.15) is 6.04 Å². The zero-order valence-electron chi connectivity index (χ0n) is 17.2. The van der Waals surface area contributed by atoms with Crippen LogP contribution in [0.3, 0.4) is 0 Å². The molecule has 3 rings (SSSR count). The molecule has 0 aliphatic carbocycles. The van der Waals surface area contributed by atoms with Gasteiger partial charge in [-0.3, -0.25) is 9.78 Å². The topological polar surface area (TPSA) is 79.3 Å². The Labute approximate surface area is 190 Å². The molecular formula is C24H24N2O3S2. The zero-order chi connectivity index (χ0) is 22.1. The fourth-order valence-electron chi connectivity index (χ4n) is 3.05. The van der Waals surface area contributed by atoms with Crippen LogP contribution in [0.4, 0.5) is 0 Å². The van der Waals surface area contributed by atoms with Gasteiger partial charge in [-0.15, -0.1) is 11.8 Å². The van der Waals surface area contributed by atoms with Crippen LogP contribution in [0.5, 0.6) is 0 Å². The number of benzene rings is 2. The summed E-state index contributed by atoms with van der Waals surface area (Å²) in [6.45, 7) is 0. The number of amides is 1. The lowest BCUT2D eigenvalue weighted by Crippen LogP contribution is -2.41. The molecule has 0 spiro atoms. The van der Waals surface area contributed by atoms with Crippen LogP contribution in [-0.4, -0.2) is 40.0 Å². The van der Waals surface area contributed by atoms with Crippen molar-refractivity contribution in [2.45, 2.75) is 23.1 Å². The highest BCUT2D eigenvalue weighted by molar-refractivity contribution is 7.98. The number of nitrogens with zero attached hydrogens (tertiary/aromatic N) is 1. The average molecular weight is 453 g/mol. The molecule has 0 saturated carbocycles. The highest BCUT2D eigenvalue weighted by Crippen LogP contribution is 2.31. The molecule has 0 aliphatic heterocycles. The minimum absolute atomic E-state index is 0.377. The van der Waals surface area contributed by atoms with E-state index in [0.717, 1.165) is 27.3 Å². The van der Waals surface area contributed by atoms with E-state index in [1.54, 1.807) is 35.8 Å². The van der Waals surface area contributed by atoms with Gasteiger partial charge in [-0.1, -0.05) is 36.4 Å². The number of aliphatic carboxylic acids is 1. The van der Waals surface area contributed by atoms with E-state index in [9.17, 15) is 14.7 Å². The van der Waals surface area contributed by atoms with E-state index in [2.05, 4.69) is 10.3 Å². The van der Waals surface area contributed by atoms with Gasteiger partial charge in [0.2, 0.25) is 0 Å². The summed E-state index contributed by atoms with van der Waals surface area (Å²) >= 11 is 3.22. The van der Waals surface area contributed by atoms with Crippen LogP contribution in [0.25, 0.3) is 11.1 Å². The largest absolute Gasteiger partial charge is 0.480 e. The molecule has 1 heterocycles. The third-order valence-electron chi connectivity index (χ3n) is 4.66. The number of thioether (sulfide) groups is 2. The summed E-state index contributed by atoms with van der Waals surface area (Å²) in [5.74, 6) is 0.0271. The highest BCUT2D eigenvalue weighted by Gasteiger charge is 2.22. The molecule has 0 bridgehead atoms. The summed E-state index contributed by atoms with van der Waals surface area (Å²) in [4.78, 5) is 29.8. The first-order valence-corrected chi connectivity index (χ1v) is 12.2. The summed E-state index contributed by atoms with van der Waals surface area (Å²) in [6, 6.07) is 18.4. The molecule has 1 amide bonds. The maximum absolute atomic E-state index is 13.0. The molecular weight excluding hydrogens is 428 g/mol. The molecule has 0 fully saturated rings. The van der Waals surface area contributed by atoms with Gasteiger partial charge in [-0.25, -0.2) is 4.79 Å². The Kier molecular flexibility index (Phi) is 8.55. The molecule has 5 nitrogen and oxygen atoms in total. The van der Waals surface area contributed by atoms with Crippen LogP contribution < -0.4 is 5.32 Å². The van der Waals surface area contributed by atoms with Crippen LogP contribution in [0.1, 0.15) is 22.3 Å². The summed E-state index contributed by atoms with van der Waals surface area (Å²) in [5, 5.41) is 12.2. The summed E-state index contributed by atoms with van der Waals surface area (Å²) in [7, 11) is 0. The van der Waals surface area contributed by atoms with Crippen LogP contribution in [0, 0.1) is 0 Å². The number of carbonyl (C=O) groups excluding carboxylic acids is 1. The number of carboxylic acid groups (broad SMARTS) is 1. The van der Waals surface area contributed by atoms with Crippen LogP contribution >= 0.6 is 23.5 Å². The monoisotopic (exact) mass is 452 g/mol. The second-order valence-corrected chi connectivity index (χ2v) is 8.90. The molecule has 1 unspecified atom stereocenters. The van der Waals surface area contributed by atoms with Gasteiger partial charge in [0.05, 0.1) is 0 Å². The fraction of sp³-hybridized carbons (Fsp3) is 0.208. The lowest BCUT2D eigenvalue weighted by molar-refractivity contribution is -0.139. The van der Waals surface area contributed by atoms with Crippen molar-refractivity contribution in [3.05, 3.63) is 84.2 Å². The fourth-order valence-corrected chi connectivity index (χ4v) is 4.39. The number of carboxylic acids is 1. The normalized spacial score (nSPS) is 11.6. The van der Waals surface area contributed by atoms with Crippen molar-refractivity contribution >= 4 is 35.4 Å². The first-order chi connectivity index (χ1) is 15.1. The van der Waals surface area contributed by atoms with Gasteiger partial charge in [-0.2, -0.15) is 11.8 Å². The predicted octanol–water partition coefficient (Wildman–Crippen LogP) is 4.98. The summed E-state index contributed by atoms with van der Waals surface area (Å²) in [6.07, 6.45) is 5.88. The van der Waals surface area contributed by atoms with E-state index in [4.69, 9.17) is 0 Å². The Morgan fingerprint density at radius 3 is 2.58 bits per heavy atom. The number of carbonyl (C=O) groups is 2. The van der Waals surface area contributed by atoms with E-state index >= 15 is 0 Å². The van der Waals surface area contributed by atoms with Gasteiger partial charge < -0.3 is 10.4 Å². The van der Waals surface area contributed by atoms with Crippen molar-refractivity contribution in [2.75, 3.05) is 12.0 Å². The summed E-state index contributed by atoms with van der Waals surface area (Å²) < 4.78 is 0. The van der Waals surface area contributed by atoms with E-state index in [0.29, 0.717) is 17.7 Å². The number of nitrogens with one attached hydrogen (secondary N) is 1. The molecule has 2 aromatic carbocycles. The number of hydrogen-bond donors (Lipinski definition) is 2. The van der Waals surface area contributed by atoms with Crippen LogP contribution in [0.2, 0.25) is 0 Å². The molecule has 0 saturated heterocycles. The van der Waals surface area contributed by atoms with Crippen molar-refractivity contribution in [1.29, 1.82) is 0 Å². The maximum Gasteiger partial charge on any atom is 0.326 e.